The topological polar surface area (TPSA) is 30.2 Å². The van der Waals surface area contributed by atoms with Crippen molar-refractivity contribution in [3.05, 3.63) is 41.0 Å². The maximum atomic E-state index is 13.2. The summed E-state index contributed by atoms with van der Waals surface area (Å²) in [5, 5.41) is 0. The lowest BCUT2D eigenvalue weighted by molar-refractivity contribution is 0.622. The summed E-state index contributed by atoms with van der Waals surface area (Å²) in [5.41, 5.74) is 2.92. The van der Waals surface area contributed by atoms with E-state index in [1.54, 1.807) is 17.5 Å². The van der Waals surface area contributed by atoms with Crippen molar-refractivity contribution in [2.24, 2.45) is 0 Å². The van der Waals surface area contributed by atoms with Crippen molar-refractivity contribution in [3.63, 3.8) is 0 Å². The number of rotatable bonds is 1. The van der Waals surface area contributed by atoms with Crippen LogP contribution >= 0.6 is 11.3 Å². The molecule has 0 saturated heterocycles. The Labute approximate surface area is 113 Å². The third-order valence-electron chi connectivity index (χ3n) is 3.57. The van der Waals surface area contributed by atoms with Crippen LogP contribution in [0.3, 0.4) is 0 Å². The van der Waals surface area contributed by atoms with E-state index in [2.05, 4.69) is 14.4 Å². The molecule has 3 aromatic rings. The predicted molar refractivity (Wildman–Crippen MR) is 72.9 cm³/mol. The summed E-state index contributed by atoms with van der Waals surface area (Å²) in [5.74, 6) is -0.323. The molecule has 3 nitrogen and oxygen atoms in total. The largest absolute Gasteiger partial charge is 0.294 e. The molecule has 0 N–H and O–H groups in total. The highest BCUT2D eigenvalue weighted by Gasteiger charge is 2.18. The Morgan fingerprint density at radius 2 is 2.11 bits per heavy atom. The van der Waals surface area contributed by atoms with Crippen molar-refractivity contribution in [2.75, 3.05) is 0 Å². The zero-order chi connectivity index (χ0) is 12.8. The van der Waals surface area contributed by atoms with E-state index in [1.165, 1.54) is 42.1 Å². The smallest absolute Gasteiger partial charge is 0.194 e. The van der Waals surface area contributed by atoms with Crippen molar-refractivity contribution in [3.8, 4) is 11.3 Å². The van der Waals surface area contributed by atoms with Gasteiger partial charge in [0.05, 0.1) is 11.9 Å². The summed E-state index contributed by atoms with van der Waals surface area (Å²) in [6.45, 7) is 0. The first-order valence-electron chi connectivity index (χ1n) is 6.42. The van der Waals surface area contributed by atoms with Gasteiger partial charge in [-0.15, -0.1) is 11.3 Å². The fraction of sp³-hybridized carbons (Fsp3) is 0.286. The van der Waals surface area contributed by atoms with Gasteiger partial charge in [0.15, 0.2) is 4.96 Å². The quantitative estimate of drug-likeness (QED) is 0.679. The molecule has 0 aliphatic heterocycles. The Morgan fingerprint density at radius 1 is 1.21 bits per heavy atom. The molecule has 1 aliphatic rings. The fourth-order valence-electron chi connectivity index (χ4n) is 2.66. The first kappa shape index (κ1) is 11.1. The van der Waals surface area contributed by atoms with E-state index in [4.69, 9.17) is 0 Å². The summed E-state index contributed by atoms with van der Waals surface area (Å²) >= 11 is 1.76. The number of hydrogen-bond donors (Lipinski definition) is 0. The Morgan fingerprint density at radius 3 is 3.00 bits per heavy atom. The standard InChI is InChI=1S/C14H12FN3S/c15-10-5-9(6-16-7-10)11-8-18-12-3-1-2-4-13(12)19-14(18)17-11/h5-8H,1-4H2. The van der Waals surface area contributed by atoms with Crippen LogP contribution < -0.4 is 0 Å². The van der Waals surface area contributed by atoms with Crippen molar-refractivity contribution < 1.29 is 4.39 Å². The van der Waals surface area contributed by atoms with E-state index in [0.717, 1.165) is 22.6 Å². The SMILES string of the molecule is Fc1cncc(-c2cn3c4c(sc3n2)CCCC4)c1. The van der Waals surface area contributed by atoms with Crippen LogP contribution in [-0.2, 0) is 12.8 Å². The van der Waals surface area contributed by atoms with Crippen LogP contribution in [0.25, 0.3) is 16.2 Å². The van der Waals surface area contributed by atoms with Crippen LogP contribution in [0.1, 0.15) is 23.4 Å². The normalized spacial score (nSPS) is 14.8. The minimum absolute atomic E-state index is 0.323. The van der Waals surface area contributed by atoms with E-state index >= 15 is 0 Å². The zero-order valence-electron chi connectivity index (χ0n) is 10.3. The fourth-order valence-corrected chi connectivity index (χ4v) is 3.85. The van der Waals surface area contributed by atoms with Crippen molar-refractivity contribution in [1.82, 2.24) is 14.4 Å². The summed E-state index contributed by atoms with van der Waals surface area (Å²) in [7, 11) is 0. The highest BCUT2D eigenvalue weighted by atomic mass is 32.1. The molecule has 1 aliphatic carbocycles. The molecule has 5 heteroatoms. The number of nitrogens with zero attached hydrogens (tertiary/aromatic N) is 3. The van der Waals surface area contributed by atoms with E-state index in [9.17, 15) is 4.39 Å². The summed E-state index contributed by atoms with van der Waals surface area (Å²) in [6.07, 6.45) is 9.68. The molecule has 4 rings (SSSR count). The monoisotopic (exact) mass is 273 g/mol. The molecule has 0 atom stereocenters. The molecule has 3 heterocycles. The molecule has 0 amide bonds. The number of pyridine rings is 1. The van der Waals surface area contributed by atoms with Gasteiger partial charge < -0.3 is 0 Å². The minimum Gasteiger partial charge on any atom is -0.294 e. The lowest BCUT2D eigenvalue weighted by Crippen LogP contribution is -2.01. The molecule has 0 unspecified atom stereocenters. The van der Waals surface area contributed by atoms with Crippen LogP contribution in [0.15, 0.2) is 24.7 Å². The first-order chi connectivity index (χ1) is 9.31. The van der Waals surface area contributed by atoms with Gasteiger partial charge >= 0.3 is 0 Å². The summed E-state index contributed by atoms with van der Waals surface area (Å²) < 4.78 is 15.4. The van der Waals surface area contributed by atoms with Gasteiger partial charge in [-0.2, -0.15) is 0 Å². The van der Waals surface area contributed by atoms with E-state index in [0.29, 0.717) is 0 Å². The number of aromatic nitrogens is 3. The number of thiazole rings is 1. The Bertz CT molecular complexity index is 759. The van der Waals surface area contributed by atoms with Gasteiger partial charge in [-0.1, -0.05) is 0 Å². The second kappa shape index (κ2) is 4.13. The average molecular weight is 273 g/mol. The maximum absolute atomic E-state index is 13.2. The van der Waals surface area contributed by atoms with E-state index in [-0.39, 0.29) is 5.82 Å². The number of imidazole rings is 1. The minimum atomic E-state index is -0.323. The van der Waals surface area contributed by atoms with E-state index < -0.39 is 0 Å². The predicted octanol–water partition coefficient (Wildman–Crippen LogP) is 3.48. The highest BCUT2D eigenvalue weighted by Crippen LogP contribution is 2.31. The summed E-state index contributed by atoms with van der Waals surface area (Å²) in [4.78, 5) is 10.9. The van der Waals surface area contributed by atoms with Crippen molar-refractivity contribution >= 4 is 16.3 Å². The van der Waals surface area contributed by atoms with Crippen LogP contribution in [-0.4, -0.2) is 14.4 Å². The molecule has 0 saturated carbocycles. The second-order valence-corrected chi connectivity index (χ2v) is 5.91. The van der Waals surface area contributed by atoms with Gasteiger partial charge in [-0.05, 0) is 31.7 Å². The van der Waals surface area contributed by atoms with Gasteiger partial charge in [0.25, 0.3) is 0 Å². The van der Waals surface area contributed by atoms with Crippen LogP contribution in [0.2, 0.25) is 0 Å². The zero-order valence-corrected chi connectivity index (χ0v) is 11.1. The Hall–Kier alpha value is -1.75. The number of halogens is 1. The van der Waals surface area contributed by atoms with Gasteiger partial charge in [0.2, 0.25) is 0 Å². The van der Waals surface area contributed by atoms with Crippen LogP contribution in [0.5, 0.6) is 0 Å². The van der Waals surface area contributed by atoms with Crippen molar-refractivity contribution in [2.45, 2.75) is 25.7 Å². The van der Waals surface area contributed by atoms with Gasteiger partial charge in [0, 0.05) is 28.5 Å². The number of hydrogen-bond acceptors (Lipinski definition) is 3. The third kappa shape index (κ3) is 1.76. The van der Waals surface area contributed by atoms with Crippen molar-refractivity contribution in [1.29, 1.82) is 0 Å². The molecular weight excluding hydrogens is 261 g/mol. The number of fused-ring (bicyclic) bond motifs is 3. The molecule has 0 radical (unpaired) electrons. The van der Waals surface area contributed by atoms with E-state index in [1.807, 2.05) is 6.20 Å². The van der Waals surface area contributed by atoms with Crippen LogP contribution in [0, 0.1) is 5.82 Å². The van der Waals surface area contributed by atoms with Gasteiger partial charge in [-0.25, -0.2) is 9.37 Å². The Kier molecular flexibility index (Phi) is 2.41. The second-order valence-electron chi connectivity index (χ2n) is 4.85. The molecule has 96 valence electrons. The molecule has 3 aromatic heterocycles. The summed E-state index contributed by atoms with van der Waals surface area (Å²) in [6, 6.07) is 1.48. The lowest BCUT2D eigenvalue weighted by atomic mass is 10.0. The third-order valence-corrected chi connectivity index (χ3v) is 4.73. The molecule has 0 bridgehead atoms. The highest BCUT2D eigenvalue weighted by molar-refractivity contribution is 7.17. The lowest BCUT2D eigenvalue weighted by Gasteiger charge is -2.09. The average Bonchev–Trinajstić information content (AvgIpc) is 2.96. The molecule has 0 fully saturated rings. The molecule has 0 aromatic carbocycles. The van der Waals surface area contributed by atoms with Crippen LogP contribution in [0.4, 0.5) is 4.39 Å². The van der Waals surface area contributed by atoms with Gasteiger partial charge in [-0.3, -0.25) is 9.38 Å². The first-order valence-corrected chi connectivity index (χ1v) is 7.23. The maximum Gasteiger partial charge on any atom is 0.194 e. The molecule has 19 heavy (non-hydrogen) atoms. The number of aryl methyl sites for hydroxylation is 2. The molecule has 0 spiro atoms. The Balaban J connectivity index is 1.86. The van der Waals surface area contributed by atoms with Gasteiger partial charge in [0.1, 0.15) is 5.82 Å². The molecular formula is C14H12FN3S.